The van der Waals surface area contributed by atoms with Crippen LogP contribution in [0, 0.1) is 0 Å². The molecule has 0 bridgehead atoms. The molecule has 2 heterocycles. The Bertz CT molecular complexity index is 591. The summed E-state index contributed by atoms with van der Waals surface area (Å²) < 4.78 is 1.83. The molecule has 1 aliphatic rings. The highest BCUT2D eigenvalue weighted by atomic mass is 32.1. The lowest BCUT2D eigenvalue weighted by atomic mass is 10.0. The van der Waals surface area contributed by atoms with Crippen molar-refractivity contribution in [3.8, 4) is 0 Å². The third-order valence-corrected chi connectivity index (χ3v) is 4.91. The van der Waals surface area contributed by atoms with E-state index in [2.05, 4.69) is 10.3 Å². The predicted molar refractivity (Wildman–Crippen MR) is 80.2 cm³/mol. The SMILES string of the molecule is Cn1cccc1C(=O)NCCc1nc2c(s1)CCCC2. The van der Waals surface area contributed by atoms with Gasteiger partial charge in [0.2, 0.25) is 0 Å². The molecule has 1 amide bonds. The number of aryl methyl sites for hydroxylation is 3. The van der Waals surface area contributed by atoms with Crippen LogP contribution in [-0.4, -0.2) is 22.0 Å². The van der Waals surface area contributed by atoms with Crippen molar-refractivity contribution in [2.24, 2.45) is 7.05 Å². The van der Waals surface area contributed by atoms with Gasteiger partial charge in [0, 0.05) is 31.1 Å². The minimum absolute atomic E-state index is 0.0150. The van der Waals surface area contributed by atoms with E-state index >= 15 is 0 Å². The molecule has 0 saturated carbocycles. The zero-order valence-corrected chi connectivity index (χ0v) is 12.5. The molecule has 1 aliphatic carbocycles. The second-order valence-electron chi connectivity index (χ2n) is 5.19. The number of rotatable bonds is 4. The summed E-state index contributed by atoms with van der Waals surface area (Å²) in [6, 6.07) is 3.71. The van der Waals surface area contributed by atoms with Crippen LogP contribution in [-0.2, 0) is 26.3 Å². The topological polar surface area (TPSA) is 46.9 Å². The smallest absolute Gasteiger partial charge is 0.267 e. The van der Waals surface area contributed by atoms with Crippen molar-refractivity contribution in [1.82, 2.24) is 14.9 Å². The average Bonchev–Trinajstić information content (AvgIpc) is 3.04. The number of thiazole rings is 1. The molecule has 1 N–H and O–H groups in total. The van der Waals surface area contributed by atoms with Crippen LogP contribution in [0.2, 0.25) is 0 Å². The number of carbonyl (C=O) groups is 1. The molecule has 2 aromatic rings. The largest absolute Gasteiger partial charge is 0.350 e. The maximum absolute atomic E-state index is 12.0. The van der Waals surface area contributed by atoms with Gasteiger partial charge in [-0.1, -0.05) is 0 Å². The van der Waals surface area contributed by atoms with Gasteiger partial charge in [-0.3, -0.25) is 4.79 Å². The number of carbonyl (C=O) groups excluding carboxylic acids is 1. The molecule has 0 fully saturated rings. The van der Waals surface area contributed by atoms with Gasteiger partial charge in [0.05, 0.1) is 10.7 Å². The second kappa shape index (κ2) is 5.79. The van der Waals surface area contributed by atoms with E-state index in [1.54, 1.807) is 0 Å². The fourth-order valence-corrected chi connectivity index (χ4v) is 3.74. The number of fused-ring (bicyclic) bond motifs is 1. The van der Waals surface area contributed by atoms with Crippen molar-refractivity contribution >= 4 is 17.2 Å². The van der Waals surface area contributed by atoms with Gasteiger partial charge in [0.1, 0.15) is 5.69 Å². The number of hydrogen-bond acceptors (Lipinski definition) is 3. The monoisotopic (exact) mass is 289 g/mol. The molecule has 2 aromatic heterocycles. The Hall–Kier alpha value is -1.62. The van der Waals surface area contributed by atoms with Crippen molar-refractivity contribution in [3.63, 3.8) is 0 Å². The van der Waals surface area contributed by atoms with Crippen LogP contribution < -0.4 is 5.32 Å². The quantitative estimate of drug-likeness (QED) is 0.939. The molecule has 0 radical (unpaired) electrons. The molecule has 0 aliphatic heterocycles. The van der Waals surface area contributed by atoms with E-state index in [0.29, 0.717) is 12.2 Å². The van der Waals surface area contributed by atoms with Crippen molar-refractivity contribution in [1.29, 1.82) is 0 Å². The van der Waals surface area contributed by atoms with Crippen LogP contribution in [0.4, 0.5) is 0 Å². The van der Waals surface area contributed by atoms with Gasteiger partial charge in [-0.25, -0.2) is 4.98 Å². The summed E-state index contributed by atoms with van der Waals surface area (Å²) in [5.74, 6) is -0.0150. The summed E-state index contributed by atoms with van der Waals surface area (Å²) in [7, 11) is 1.88. The lowest BCUT2D eigenvalue weighted by Crippen LogP contribution is -2.27. The van der Waals surface area contributed by atoms with Gasteiger partial charge >= 0.3 is 0 Å². The zero-order chi connectivity index (χ0) is 13.9. The molecule has 5 heteroatoms. The Morgan fingerprint density at radius 1 is 1.45 bits per heavy atom. The summed E-state index contributed by atoms with van der Waals surface area (Å²) in [5, 5.41) is 4.12. The van der Waals surface area contributed by atoms with E-state index in [0.717, 1.165) is 17.8 Å². The first-order chi connectivity index (χ1) is 9.74. The Labute approximate surface area is 122 Å². The molecule has 0 spiro atoms. The predicted octanol–water partition coefficient (Wildman–Crippen LogP) is 2.33. The molecule has 106 valence electrons. The molecule has 0 aromatic carbocycles. The average molecular weight is 289 g/mol. The summed E-state index contributed by atoms with van der Waals surface area (Å²) in [6.07, 6.45) is 7.57. The second-order valence-corrected chi connectivity index (χ2v) is 6.36. The summed E-state index contributed by atoms with van der Waals surface area (Å²) in [5.41, 5.74) is 1.99. The number of nitrogens with one attached hydrogen (secondary N) is 1. The van der Waals surface area contributed by atoms with Crippen LogP contribution >= 0.6 is 11.3 Å². The van der Waals surface area contributed by atoms with Crippen molar-refractivity contribution in [2.45, 2.75) is 32.1 Å². The standard InChI is InChI=1S/C15H19N3OS/c1-18-10-4-6-12(18)15(19)16-9-8-14-17-11-5-2-3-7-13(11)20-14/h4,6,10H,2-3,5,7-9H2,1H3,(H,16,19). The highest BCUT2D eigenvalue weighted by Crippen LogP contribution is 2.26. The highest BCUT2D eigenvalue weighted by Gasteiger charge is 2.15. The zero-order valence-electron chi connectivity index (χ0n) is 11.7. The maximum atomic E-state index is 12.0. The molecular weight excluding hydrogens is 270 g/mol. The van der Waals surface area contributed by atoms with E-state index in [4.69, 9.17) is 0 Å². The number of amides is 1. The van der Waals surface area contributed by atoms with Crippen molar-refractivity contribution in [2.75, 3.05) is 6.54 Å². The summed E-state index contributed by atoms with van der Waals surface area (Å²) >= 11 is 1.82. The molecule has 3 rings (SSSR count). The van der Waals surface area contributed by atoms with Crippen LogP contribution in [0.1, 0.15) is 38.9 Å². The van der Waals surface area contributed by atoms with Crippen LogP contribution in [0.15, 0.2) is 18.3 Å². The lowest BCUT2D eigenvalue weighted by Gasteiger charge is -2.06. The molecular formula is C15H19N3OS. The van der Waals surface area contributed by atoms with E-state index in [-0.39, 0.29) is 5.91 Å². The number of aromatic nitrogens is 2. The lowest BCUT2D eigenvalue weighted by molar-refractivity contribution is 0.0946. The summed E-state index contributed by atoms with van der Waals surface area (Å²) in [4.78, 5) is 18.1. The molecule has 0 atom stereocenters. The highest BCUT2D eigenvalue weighted by molar-refractivity contribution is 7.11. The van der Waals surface area contributed by atoms with Crippen LogP contribution in [0.25, 0.3) is 0 Å². The molecule has 4 nitrogen and oxygen atoms in total. The van der Waals surface area contributed by atoms with Gasteiger partial charge in [-0.05, 0) is 37.8 Å². The Balaban J connectivity index is 1.54. The minimum Gasteiger partial charge on any atom is -0.350 e. The third-order valence-electron chi connectivity index (χ3n) is 3.69. The Morgan fingerprint density at radius 2 is 2.30 bits per heavy atom. The summed E-state index contributed by atoms with van der Waals surface area (Å²) in [6.45, 7) is 0.649. The van der Waals surface area contributed by atoms with Crippen molar-refractivity contribution < 1.29 is 4.79 Å². The fraction of sp³-hybridized carbons (Fsp3) is 0.467. The van der Waals surface area contributed by atoms with E-state index < -0.39 is 0 Å². The molecule has 0 saturated heterocycles. The van der Waals surface area contributed by atoms with Crippen molar-refractivity contribution in [3.05, 3.63) is 39.6 Å². The van der Waals surface area contributed by atoms with Crippen LogP contribution in [0.3, 0.4) is 0 Å². The van der Waals surface area contributed by atoms with Crippen LogP contribution in [0.5, 0.6) is 0 Å². The first kappa shape index (κ1) is 13.4. The third kappa shape index (κ3) is 2.77. The number of nitrogens with zero attached hydrogens (tertiary/aromatic N) is 2. The van der Waals surface area contributed by atoms with E-state index in [1.807, 2.05) is 41.3 Å². The Morgan fingerprint density at radius 3 is 3.05 bits per heavy atom. The minimum atomic E-state index is -0.0150. The molecule has 20 heavy (non-hydrogen) atoms. The van der Waals surface area contributed by atoms with Gasteiger partial charge in [-0.15, -0.1) is 11.3 Å². The Kier molecular flexibility index (Phi) is 3.87. The number of hydrogen-bond donors (Lipinski definition) is 1. The van der Waals surface area contributed by atoms with Gasteiger partial charge in [0.15, 0.2) is 0 Å². The molecule has 0 unspecified atom stereocenters. The maximum Gasteiger partial charge on any atom is 0.267 e. The van der Waals surface area contributed by atoms with Gasteiger partial charge in [-0.2, -0.15) is 0 Å². The van der Waals surface area contributed by atoms with Gasteiger partial charge in [0.25, 0.3) is 5.91 Å². The fourth-order valence-electron chi connectivity index (χ4n) is 2.58. The van der Waals surface area contributed by atoms with E-state index in [9.17, 15) is 4.79 Å². The normalized spacial score (nSPS) is 14.1. The first-order valence-corrected chi connectivity index (χ1v) is 7.92. The van der Waals surface area contributed by atoms with Gasteiger partial charge < -0.3 is 9.88 Å². The van der Waals surface area contributed by atoms with E-state index in [1.165, 1.54) is 29.8 Å². The first-order valence-electron chi connectivity index (χ1n) is 7.11.